The van der Waals surface area contributed by atoms with Crippen molar-refractivity contribution in [2.75, 3.05) is 39.8 Å². The number of piperazine rings is 1. The lowest BCUT2D eigenvalue weighted by molar-refractivity contribution is -0.135. The van der Waals surface area contributed by atoms with Gasteiger partial charge in [0.1, 0.15) is 5.75 Å². The number of rotatable bonds is 5. The molecule has 2 atom stereocenters. The summed E-state index contributed by atoms with van der Waals surface area (Å²) >= 11 is 1.81. The molecule has 1 saturated heterocycles. The molecule has 0 aliphatic carbocycles. The zero-order chi connectivity index (χ0) is 24.4. The number of benzene rings is 2. The number of nitrogens with zero attached hydrogens (tertiary/aromatic N) is 3. The van der Waals surface area contributed by atoms with Crippen LogP contribution in [0.25, 0.3) is 0 Å². The molecular formula is C28H31N3O3S. The smallest absolute Gasteiger partial charge is 0.254 e. The van der Waals surface area contributed by atoms with Crippen molar-refractivity contribution in [2.24, 2.45) is 0 Å². The lowest BCUT2D eigenvalue weighted by atomic mass is 9.93. The second-order valence-electron chi connectivity index (χ2n) is 9.25. The SMILES string of the molecule is COc1cccc(C(=O)N2CCN(C(=O)CN3CCc4sccc4[C@@H]3c3ccccc3)C[C@@H]2C)c1. The summed E-state index contributed by atoms with van der Waals surface area (Å²) in [6.07, 6.45) is 0.975. The molecule has 3 aromatic rings. The summed E-state index contributed by atoms with van der Waals surface area (Å²) < 4.78 is 5.27. The molecule has 5 rings (SSSR count). The van der Waals surface area contributed by atoms with Crippen LogP contribution in [-0.2, 0) is 11.2 Å². The summed E-state index contributed by atoms with van der Waals surface area (Å²) in [6, 6.07) is 20.0. The Bertz CT molecular complexity index is 1190. The van der Waals surface area contributed by atoms with Crippen LogP contribution in [0.1, 0.15) is 39.3 Å². The summed E-state index contributed by atoms with van der Waals surface area (Å²) in [4.78, 5) is 34.1. The van der Waals surface area contributed by atoms with Gasteiger partial charge in [-0.2, -0.15) is 0 Å². The standard InChI is InChI=1S/C28H31N3O3S/c1-20-18-29(14-15-31(20)28(33)22-9-6-10-23(17-22)34-2)26(32)19-30-13-11-25-24(12-16-35-25)27(30)21-7-4-3-5-8-21/h3-10,12,16-17,20,27H,11,13-15,18-19H2,1-2H3/t20-,27-/m0/s1. The molecule has 2 amide bonds. The molecule has 2 aliphatic rings. The van der Waals surface area contributed by atoms with Gasteiger partial charge >= 0.3 is 0 Å². The van der Waals surface area contributed by atoms with Crippen LogP contribution in [0.4, 0.5) is 0 Å². The first-order valence-electron chi connectivity index (χ1n) is 12.1. The molecule has 3 heterocycles. The van der Waals surface area contributed by atoms with Gasteiger partial charge in [0.25, 0.3) is 5.91 Å². The van der Waals surface area contributed by atoms with Crippen molar-refractivity contribution >= 4 is 23.2 Å². The summed E-state index contributed by atoms with van der Waals surface area (Å²) in [5.41, 5.74) is 3.16. The van der Waals surface area contributed by atoms with E-state index in [2.05, 4.69) is 40.6 Å². The minimum absolute atomic E-state index is 0.0198. The fourth-order valence-electron chi connectivity index (χ4n) is 5.25. The monoisotopic (exact) mass is 489 g/mol. The van der Waals surface area contributed by atoms with E-state index < -0.39 is 0 Å². The van der Waals surface area contributed by atoms with Crippen molar-refractivity contribution in [3.8, 4) is 5.75 Å². The zero-order valence-corrected chi connectivity index (χ0v) is 21.0. The van der Waals surface area contributed by atoms with Crippen LogP contribution in [0, 0.1) is 0 Å². The third kappa shape index (κ3) is 4.83. The quantitative estimate of drug-likeness (QED) is 0.542. The van der Waals surface area contributed by atoms with E-state index in [0.29, 0.717) is 37.5 Å². The minimum Gasteiger partial charge on any atom is -0.497 e. The molecule has 182 valence electrons. The van der Waals surface area contributed by atoms with Crippen molar-refractivity contribution in [1.82, 2.24) is 14.7 Å². The Balaban J connectivity index is 1.26. The first kappa shape index (κ1) is 23.6. The Hall–Kier alpha value is -3.16. The third-order valence-electron chi connectivity index (χ3n) is 7.08. The van der Waals surface area contributed by atoms with Crippen molar-refractivity contribution in [3.63, 3.8) is 0 Å². The Morgan fingerprint density at radius 3 is 2.63 bits per heavy atom. The highest BCUT2D eigenvalue weighted by atomic mass is 32.1. The molecule has 0 radical (unpaired) electrons. The Morgan fingerprint density at radius 1 is 1.03 bits per heavy atom. The number of fused-ring (bicyclic) bond motifs is 1. The minimum atomic E-state index is -0.0545. The van der Waals surface area contributed by atoms with Crippen molar-refractivity contribution < 1.29 is 14.3 Å². The normalized spacial score (nSPS) is 20.4. The fraction of sp³-hybridized carbons (Fsp3) is 0.357. The van der Waals surface area contributed by atoms with Gasteiger partial charge in [-0.05, 0) is 54.1 Å². The van der Waals surface area contributed by atoms with Crippen LogP contribution in [0.5, 0.6) is 5.75 Å². The predicted molar refractivity (Wildman–Crippen MR) is 138 cm³/mol. The van der Waals surface area contributed by atoms with Crippen LogP contribution in [0.15, 0.2) is 66.0 Å². The third-order valence-corrected chi connectivity index (χ3v) is 8.07. The maximum absolute atomic E-state index is 13.4. The molecule has 7 heteroatoms. The van der Waals surface area contributed by atoms with E-state index in [9.17, 15) is 9.59 Å². The number of hydrogen-bond acceptors (Lipinski definition) is 5. The fourth-order valence-corrected chi connectivity index (χ4v) is 6.15. The van der Waals surface area contributed by atoms with Gasteiger partial charge in [-0.25, -0.2) is 0 Å². The molecule has 0 unspecified atom stereocenters. The molecule has 0 bridgehead atoms. The highest BCUT2D eigenvalue weighted by molar-refractivity contribution is 7.10. The zero-order valence-electron chi connectivity index (χ0n) is 20.2. The van der Waals surface area contributed by atoms with Gasteiger partial charge in [-0.3, -0.25) is 14.5 Å². The number of amides is 2. The first-order chi connectivity index (χ1) is 17.0. The van der Waals surface area contributed by atoms with E-state index in [-0.39, 0.29) is 23.9 Å². The van der Waals surface area contributed by atoms with E-state index in [1.165, 1.54) is 16.0 Å². The van der Waals surface area contributed by atoms with Gasteiger partial charge in [0, 0.05) is 42.7 Å². The number of carbonyl (C=O) groups is 2. The highest BCUT2D eigenvalue weighted by Gasteiger charge is 2.34. The topological polar surface area (TPSA) is 53.1 Å². The van der Waals surface area contributed by atoms with Crippen LogP contribution in [0.3, 0.4) is 0 Å². The lowest BCUT2D eigenvalue weighted by Gasteiger charge is -2.42. The number of hydrogen-bond donors (Lipinski definition) is 0. The largest absolute Gasteiger partial charge is 0.497 e. The molecular weight excluding hydrogens is 458 g/mol. The molecule has 35 heavy (non-hydrogen) atoms. The predicted octanol–water partition coefficient (Wildman–Crippen LogP) is 4.08. The maximum atomic E-state index is 13.4. The highest BCUT2D eigenvalue weighted by Crippen LogP contribution is 2.37. The number of ether oxygens (including phenoxy) is 1. The summed E-state index contributed by atoms with van der Waals surface area (Å²) in [5, 5.41) is 2.16. The van der Waals surface area contributed by atoms with E-state index >= 15 is 0 Å². The number of carbonyl (C=O) groups excluding carboxylic acids is 2. The van der Waals surface area contributed by atoms with Gasteiger partial charge in [0.2, 0.25) is 5.91 Å². The van der Waals surface area contributed by atoms with E-state index in [1.807, 2.05) is 52.3 Å². The Labute approximate surface area is 210 Å². The van der Waals surface area contributed by atoms with Crippen molar-refractivity contribution in [1.29, 1.82) is 0 Å². The molecule has 2 aromatic carbocycles. The van der Waals surface area contributed by atoms with Crippen molar-refractivity contribution in [2.45, 2.75) is 25.4 Å². The van der Waals surface area contributed by atoms with Crippen LogP contribution in [0.2, 0.25) is 0 Å². The van der Waals surface area contributed by atoms with Gasteiger partial charge in [0.05, 0.1) is 19.7 Å². The first-order valence-corrected chi connectivity index (χ1v) is 13.0. The van der Waals surface area contributed by atoms with E-state index in [4.69, 9.17) is 4.74 Å². The van der Waals surface area contributed by atoms with Gasteiger partial charge in [0.15, 0.2) is 0 Å². The number of methoxy groups -OCH3 is 1. The maximum Gasteiger partial charge on any atom is 0.254 e. The lowest BCUT2D eigenvalue weighted by Crippen LogP contribution is -2.57. The van der Waals surface area contributed by atoms with Gasteiger partial charge in [-0.15, -0.1) is 11.3 Å². The number of thiophene rings is 1. The van der Waals surface area contributed by atoms with E-state index in [1.54, 1.807) is 13.2 Å². The van der Waals surface area contributed by atoms with Crippen LogP contribution in [-0.4, -0.2) is 72.4 Å². The summed E-state index contributed by atoms with van der Waals surface area (Å²) in [5.74, 6) is 0.777. The molecule has 2 aliphatic heterocycles. The second-order valence-corrected chi connectivity index (χ2v) is 10.3. The molecule has 0 saturated carbocycles. The Morgan fingerprint density at radius 2 is 1.86 bits per heavy atom. The summed E-state index contributed by atoms with van der Waals surface area (Å²) in [6.45, 7) is 4.88. The average molecular weight is 490 g/mol. The van der Waals surface area contributed by atoms with Crippen LogP contribution < -0.4 is 4.74 Å². The Kier molecular flexibility index (Phi) is 6.88. The molecule has 1 fully saturated rings. The molecule has 1 aromatic heterocycles. The van der Waals surface area contributed by atoms with Gasteiger partial charge in [-0.1, -0.05) is 36.4 Å². The molecule has 0 N–H and O–H groups in total. The second kappa shape index (κ2) is 10.2. The van der Waals surface area contributed by atoms with Crippen LogP contribution >= 0.6 is 11.3 Å². The molecule has 0 spiro atoms. The molecule has 6 nitrogen and oxygen atoms in total. The van der Waals surface area contributed by atoms with Crippen molar-refractivity contribution in [3.05, 3.63) is 87.6 Å². The summed E-state index contributed by atoms with van der Waals surface area (Å²) in [7, 11) is 1.60. The van der Waals surface area contributed by atoms with E-state index in [0.717, 1.165) is 13.0 Å². The average Bonchev–Trinajstić information content (AvgIpc) is 3.37. The van der Waals surface area contributed by atoms with Gasteiger partial charge < -0.3 is 14.5 Å².